The first-order chi connectivity index (χ1) is 9.91. The van der Waals surface area contributed by atoms with Gasteiger partial charge in [0.1, 0.15) is 6.61 Å². The summed E-state index contributed by atoms with van der Waals surface area (Å²) in [6.45, 7) is 10.5. The topological polar surface area (TPSA) is 36.9 Å². The summed E-state index contributed by atoms with van der Waals surface area (Å²) in [6, 6.07) is 0. The van der Waals surface area contributed by atoms with Crippen LogP contribution in [0.25, 0.3) is 0 Å². The highest BCUT2D eigenvalue weighted by molar-refractivity contribution is 4.49. The van der Waals surface area contributed by atoms with Crippen LogP contribution in [0.4, 0.5) is 0 Å². The Morgan fingerprint density at radius 1 is 0.650 bits per heavy atom. The van der Waals surface area contributed by atoms with Crippen LogP contribution in [0.15, 0.2) is 0 Å². The molecule has 0 rings (SSSR count). The Hall–Kier alpha value is -0.160. The predicted octanol–water partition coefficient (Wildman–Crippen LogP) is 3.59. The lowest BCUT2D eigenvalue weighted by Crippen LogP contribution is -2.10. The zero-order valence-corrected chi connectivity index (χ0v) is 13.4. The van der Waals surface area contributed by atoms with Crippen molar-refractivity contribution in [2.75, 3.05) is 46.2 Å². The SMILES string of the molecule is CCCCCCCCO[CH]COCCOCCOCC. The number of unbranched alkanes of at least 4 members (excludes halogenated alkanes) is 5. The standard InChI is InChI=1S/C16H33O4/c1-3-5-6-7-8-9-10-18-13-14-20-16-15-19-12-11-17-4-2/h13H,3-12,14-16H2,1-2H3. The summed E-state index contributed by atoms with van der Waals surface area (Å²) >= 11 is 0. The molecule has 0 aliphatic heterocycles. The molecule has 0 saturated carbocycles. The Kier molecular flexibility index (Phi) is 18.7. The molecular formula is C16H33O4. The molecule has 0 atom stereocenters. The third kappa shape index (κ3) is 17.8. The molecule has 4 heteroatoms. The van der Waals surface area contributed by atoms with E-state index in [0.717, 1.165) is 19.6 Å². The predicted molar refractivity (Wildman–Crippen MR) is 81.8 cm³/mol. The molecule has 0 aliphatic rings. The fourth-order valence-corrected chi connectivity index (χ4v) is 1.71. The van der Waals surface area contributed by atoms with Crippen molar-refractivity contribution in [3.05, 3.63) is 6.61 Å². The number of hydrogen-bond donors (Lipinski definition) is 0. The van der Waals surface area contributed by atoms with Gasteiger partial charge < -0.3 is 18.9 Å². The average molecular weight is 289 g/mol. The maximum atomic E-state index is 5.39. The van der Waals surface area contributed by atoms with E-state index in [2.05, 4.69) is 6.92 Å². The molecule has 0 fully saturated rings. The van der Waals surface area contributed by atoms with Gasteiger partial charge in [-0.25, -0.2) is 0 Å². The van der Waals surface area contributed by atoms with Crippen LogP contribution < -0.4 is 0 Å². The van der Waals surface area contributed by atoms with Gasteiger partial charge in [0, 0.05) is 13.2 Å². The Balaban J connectivity index is 2.89. The normalized spacial score (nSPS) is 11.1. The third-order valence-corrected chi connectivity index (χ3v) is 2.87. The Morgan fingerprint density at radius 2 is 1.30 bits per heavy atom. The molecule has 0 aliphatic carbocycles. The van der Waals surface area contributed by atoms with Gasteiger partial charge in [-0.15, -0.1) is 0 Å². The van der Waals surface area contributed by atoms with E-state index in [9.17, 15) is 0 Å². The van der Waals surface area contributed by atoms with E-state index in [0.29, 0.717) is 33.0 Å². The lowest BCUT2D eigenvalue weighted by Gasteiger charge is -2.06. The van der Waals surface area contributed by atoms with Gasteiger partial charge in [-0.1, -0.05) is 39.0 Å². The molecule has 121 valence electrons. The van der Waals surface area contributed by atoms with E-state index in [1.165, 1.54) is 32.1 Å². The van der Waals surface area contributed by atoms with Gasteiger partial charge in [-0.05, 0) is 13.3 Å². The van der Waals surface area contributed by atoms with E-state index in [1.54, 1.807) is 6.61 Å². The van der Waals surface area contributed by atoms with Crippen LogP contribution >= 0.6 is 0 Å². The first kappa shape index (κ1) is 19.8. The third-order valence-electron chi connectivity index (χ3n) is 2.87. The van der Waals surface area contributed by atoms with Crippen LogP contribution in [0, 0.1) is 6.61 Å². The van der Waals surface area contributed by atoms with Crippen molar-refractivity contribution in [2.24, 2.45) is 0 Å². The molecule has 0 aromatic heterocycles. The molecule has 0 heterocycles. The first-order valence-electron chi connectivity index (χ1n) is 8.08. The Labute approximate surface area is 125 Å². The minimum atomic E-state index is 0.532. The van der Waals surface area contributed by atoms with Crippen LogP contribution in [0.3, 0.4) is 0 Å². The Bertz CT molecular complexity index is 147. The van der Waals surface area contributed by atoms with Crippen molar-refractivity contribution in [1.29, 1.82) is 0 Å². The molecule has 0 aromatic carbocycles. The van der Waals surface area contributed by atoms with Crippen molar-refractivity contribution in [1.82, 2.24) is 0 Å². The van der Waals surface area contributed by atoms with Gasteiger partial charge in [-0.3, -0.25) is 0 Å². The number of hydrogen-bond acceptors (Lipinski definition) is 4. The second kappa shape index (κ2) is 18.8. The summed E-state index contributed by atoms with van der Waals surface area (Å²) in [5, 5.41) is 0. The van der Waals surface area contributed by atoms with E-state index >= 15 is 0 Å². The van der Waals surface area contributed by atoms with Gasteiger partial charge in [0.25, 0.3) is 0 Å². The van der Waals surface area contributed by atoms with E-state index in [4.69, 9.17) is 18.9 Å². The van der Waals surface area contributed by atoms with Gasteiger partial charge in [0.05, 0.1) is 33.0 Å². The Morgan fingerprint density at radius 3 is 2.05 bits per heavy atom. The van der Waals surface area contributed by atoms with Gasteiger partial charge in [0.2, 0.25) is 0 Å². The molecule has 0 N–H and O–H groups in total. The average Bonchev–Trinajstić information content (AvgIpc) is 2.47. The molecule has 0 bridgehead atoms. The van der Waals surface area contributed by atoms with Crippen molar-refractivity contribution < 1.29 is 18.9 Å². The highest BCUT2D eigenvalue weighted by Gasteiger charge is 1.93. The highest BCUT2D eigenvalue weighted by Crippen LogP contribution is 2.05. The molecule has 1 radical (unpaired) electrons. The molecule has 20 heavy (non-hydrogen) atoms. The van der Waals surface area contributed by atoms with Crippen molar-refractivity contribution in [2.45, 2.75) is 52.4 Å². The molecule has 4 nitrogen and oxygen atoms in total. The van der Waals surface area contributed by atoms with Crippen LogP contribution in [-0.4, -0.2) is 46.2 Å². The molecule has 0 spiro atoms. The molecule has 0 amide bonds. The maximum absolute atomic E-state index is 5.39. The summed E-state index contributed by atoms with van der Waals surface area (Å²) in [7, 11) is 0. The summed E-state index contributed by atoms with van der Waals surface area (Å²) < 4.78 is 21.2. The second-order valence-corrected chi connectivity index (χ2v) is 4.69. The first-order valence-corrected chi connectivity index (χ1v) is 8.08. The maximum Gasteiger partial charge on any atom is 0.109 e. The number of rotatable bonds is 17. The summed E-state index contributed by atoms with van der Waals surface area (Å²) in [6.07, 6.45) is 7.74. The van der Waals surface area contributed by atoms with Crippen LogP contribution in [0.2, 0.25) is 0 Å². The zero-order chi connectivity index (χ0) is 14.7. The van der Waals surface area contributed by atoms with E-state index in [1.807, 2.05) is 6.92 Å². The number of ether oxygens (including phenoxy) is 4. The van der Waals surface area contributed by atoms with Crippen LogP contribution in [0.1, 0.15) is 52.4 Å². The lowest BCUT2D eigenvalue weighted by atomic mass is 10.1. The van der Waals surface area contributed by atoms with Gasteiger partial charge in [0.15, 0.2) is 0 Å². The monoisotopic (exact) mass is 289 g/mol. The quantitative estimate of drug-likeness (QED) is 0.383. The van der Waals surface area contributed by atoms with Crippen molar-refractivity contribution in [3.8, 4) is 0 Å². The largest absolute Gasteiger partial charge is 0.379 e. The fraction of sp³-hybridized carbons (Fsp3) is 0.938. The summed E-state index contributed by atoms with van der Waals surface area (Å²) in [4.78, 5) is 0. The summed E-state index contributed by atoms with van der Waals surface area (Å²) in [5.41, 5.74) is 0. The van der Waals surface area contributed by atoms with Crippen LogP contribution in [-0.2, 0) is 18.9 Å². The molecule has 0 aromatic rings. The smallest absolute Gasteiger partial charge is 0.109 e. The molecule has 0 unspecified atom stereocenters. The minimum Gasteiger partial charge on any atom is -0.379 e. The fourth-order valence-electron chi connectivity index (χ4n) is 1.71. The lowest BCUT2D eigenvalue weighted by molar-refractivity contribution is 0.0119. The summed E-state index contributed by atoms with van der Waals surface area (Å²) in [5.74, 6) is 0. The molecule has 0 saturated heterocycles. The van der Waals surface area contributed by atoms with E-state index in [-0.39, 0.29) is 0 Å². The molecular weight excluding hydrogens is 256 g/mol. The minimum absolute atomic E-state index is 0.532. The second-order valence-electron chi connectivity index (χ2n) is 4.69. The van der Waals surface area contributed by atoms with Gasteiger partial charge in [-0.2, -0.15) is 0 Å². The van der Waals surface area contributed by atoms with Gasteiger partial charge >= 0.3 is 0 Å². The van der Waals surface area contributed by atoms with Crippen LogP contribution in [0.5, 0.6) is 0 Å². The van der Waals surface area contributed by atoms with E-state index < -0.39 is 0 Å². The highest BCUT2D eigenvalue weighted by atomic mass is 16.6. The van der Waals surface area contributed by atoms with Crippen molar-refractivity contribution >= 4 is 0 Å². The zero-order valence-electron chi connectivity index (χ0n) is 13.4. The van der Waals surface area contributed by atoms with Crippen molar-refractivity contribution in [3.63, 3.8) is 0 Å².